The Hall–Kier alpha value is -2.29. The molecule has 0 saturated carbocycles. The van der Waals surface area contributed by atoms with E-state index in [1.807, 2.05) is 35.7 Å². The molecule has 1 aliphatic rings. The molecule has 1 aliphatic heterocycles. The fourth-order valence-electron chi connectivity index (χ4n) is 3.13. The molecule has 0 radical (unpaired) electrons. The minimum atomic E-state index is -0.0261. The molecular formula is C22H17ClOS. The molecule has 0 spiro atoms. The summed E-state index contributed by atoms with van der Waals surface area (Å²) in [6.45, 7) is 6.42. The summed E-state index contributed by atoms with van der Waals surface area (Å²) in [5, 5.41) is 2.61. The number of fused-ring (bicyclic) bond motifs is 1. The Labute approximate surface area is 156 Å². The van der Waals surface area contributed by atoms with E-state index in [1.54, 1.807) is 11.3 Å². The second-order valence-electron chi connectivity index (χ2n) is 6.13. The zero-order valence-electron chi connectivity index (χ0n) is 13.8. The molecule has 4 rings (SSSR count). The van der Waals surface area contributed by atoms with Gasteiger partial charge in [0.2, 0.25) is 0 Å². The van der Waals surface area contributed by atoms with Crippen LogP contribution in [0.25, 0.3) is 5.76 Å². The van der Waals surface area contributed by atoms with Crippen LogP contribution in [0.3, 0.4) is 0 Å². The van der Waals surface area contributed by atoms with Crippen LogP contribution >= 0.6 is 22.9 Å². The zero-order chi connectivity index (χ0) is 17.4. The van der Waals surface area contributed by atoms with E-state index in [4.69, 9.17) is 16.3 Å². The van der Waals surface area contributed by atoms with Crippen molar-refractivity contribution in [3.05, 3.63) is 105 Å². The van der Waals surface area contributed by atoms with Crippen molar-refractivity contribution in [1.29, 1.82) is 0 Å². The van der Waals surface area contributed by atoms with Crippen molar-refractivity contribution >= 4 is 28.7 Å². The second-order valence-corrected chi connectivity index (χ2v) is 7.45. The zero-order valence-corrected chi connectivity index (χ0v) is 15.4. The molecule has 0 N–H and O–H groups in total. The number of aryl methyl sites for hydroxylation is 1. The first-order valence-electron chi connectivity index (χ1n) is 8.11. The fourth-order valence-corrected chi connectivity index (χ4v) is 4.15. The summed E-state index contributed by atoms with van der Waals surface area (Å²) in [5.74, 6) is 1.48. The average molecular weight is 365 g/mol. The van der Waals surface area contributed by atoms with Crippen molar-refractivity contribution < 1.29 is 4.74 Å². The lowest BCUT2D eigenvalue weighted by Gasteiger charge is -2.19. The van der Waals surface area contributed by atoms with Crippen molar-refractivity contribution in [3.63, 3.8) is 0 Å². The van der Waals surface area contributed by atoms with Gasteiger partial charge in [-0.15, -0.1) is 11.3 Å². The van der Waals surface area contributed by atoms with Crippen molar-refractivity contribution in [2.45, 2.75) is 12.8 Å². The van der Waals surface area contributed by atoms with Gasteiger partial charge in [-0.25, -0.2) is 0 Å². The summed E-state index contributed by atoms with van der Waals surface area (Å²) in [4.78, 5) is 1.01. The first kappa shape index (κ1) is 16.2. The van der Waals surface area contributed by atoms with Gasteiger partial charge in [0, 0.05) is 11.5 Å². The van der Waals surface area contributed by atoms with Crippen LogP contribution in [-0.4, -0.2) is 0 Å². The van der Waals surface area contributed by atoms with Gasteiger partial charge < -0.3 is 4.74 Å². The molecule has 1 unspecified atom stereocenters. The third-order valence-corrected chi connectivity index (χ3v) is 5.71. The maximum absolute atomic E-state index is 6.76. The van der Waals surface area contributed by atoms with Gasteiger partial charge in [0.1, 0.15) is 5.75 Å². The summed E-state index contributed by atoms with van der Waals surface area (Å²) in [5.41, 5.74) is 4.34. The van der Waals surface area contributed by atoms with Crippen LogP contribution in [0.4, 0.5) is 0 Å². The van der Waals surface area contributed by atoms with E-state index < -0.39 is 0 Å². The number of ether oxygens (including phenoxy) is 1. The number of halogens is 1. The molecule has 0 bridgehead atoms. The standard InChI is InChI=1S/C22H17ClOS/c1-14-9-11-16(12-10-14)20-15(2)21(23)22(19-8-5-13-25-19)24-18-7-4-3-6-17(18)20/h3-13,20H,2H2,1H3. The van der Waals surface area contributed by atoms with Gasteiger partial charge in [-0.1, -0.05) is 72.3 Å². The molecule has 3 heteroatoms. The van der Waals surface area contributed by atoms with E-state index in [-0.39, 0.29) is 5.92 Å². The Kier molecular flexibility index (Phi) is 4.24. The summed E-state index contributed by atoms with van der Waals surface area (Å²) < 4.78 is 6.26. The predicted molar refractivity (Wildman–Crippen MR) is 106 cm³/mol. The van der Waals surface area contributed by atoms with Gasteiger partial charge in [0.15, 0.2) is 5.76 Å². The molecule has 2 aromatic carbocycles. The second kappa shape index (κ2) is 6.55. The molecule has 0 saturated heterocycles. The van der Waals surface area contributed by atoms with Gasteiger partial charge in [0.05, 0.1) is 9.91 Å². The Balaban J connectivity index is 1.92. The molecular weight excluding hydrogens is 348 g/mol. The van der Waals surface area contributed by atoms with E-state index in [1.165, 1.54) is 5.56 Å². The molecule has 0 fully saturated rings. The molecule has 0 amide bonds. The molecule has 124 valence electrons. The van der Waals surface area contributed by atoms with Gasteiger partial charge in [-0.3, -0.25) is 0 Å². The van der Waals surface area contributed by atoms with E-state index >= 15 is 0 Å². The highest BCUT2D eigenvalue weighted by Gasteiger charge is 2.29. The summed E-state index contributed by atoms with van der Waals surface area (Å²) in [6, 6.07) is 20.6. The maximum atomic E-state index is 6.76. The van der Waals surface area contributed by atoms with E-state index in [0.717, 1.165) is 27.3 Å². The number of para-hydroxylation sites is 1. The Morgan fingerprint density at radius 1 is 1.00 bits per heavy atom. The van der Waals surface area contributed by atoms with Crippen molar-refractivity contribution in [2.75, 3.05) is 0 Å². The number of hydrogen-bond acceptors (Lipinski definition) is 2. The Morgan fingerprint density at radius 2 is 1.76 bits per heavy atom. The molecule has 2 heterocycles. The Bertz CT molecular complexity index is 952. The number of allylic oxidation sites excluding steroid dienone is 2. The van der Waals surface area contributed by atoms with Crippen LogP contribution in [0.2, 0.25) is 0 Å². The summed E-state index contributed by atoms with van der Waals surface area (Å²) >= 11 is 8.37. The quantitative estimate of drug-likeness (QED) is 0.489. The number of rotatable bonds is 2. The summed E-state index contributed by atoms with van der Waals surface area (Å²) in [6.07, 6.45) is 0. The van der Waals surface area contributed by atoms with E-state index in [0.29, 0.717) is 10.8 Å². The smallest absolute Gasteiger partial charge is 0.163 e. The van der Waals surface area contributed by atoms with Crippen LogP contribution in [0.1, 0.15) is 27.5 Å². The molecule has 1 aromatic heterocycles. The molecule has 3 aromatic rings. The fraction of sp³-hybridized carbons (Fsp3) is 0.0909. The third kappa shape index (κ3) is 2.92. The van der Waals surface area contributed by atoms with Crippen LogP contribution in [0, 0.1) is 6.92 Å². The average Bonchev–Trinajstić information content (AvgIpc) is 3.13. The SMILES string of the molecule is C=C1C(Cl)=C(c2cccs2)Oc2ccccc2C1c1ccc(C)cc1. The molecule has 1 nitrogen and oxygen atoms in total. The lowest BCUT2D eigenvalue weighted by atomic mass is 9.84. The molecule has 1 atom stereocenters. The first-order valence-corrected chi connectivity index (χ1v) is 9.37. The minimum absolute atomic E-state index is 0.0261. The third-order valence-electron chi connectivity index (χ3n) is 4.43. The lowest BCUT2D eigenvalue weighted by molar-refractivity contribution is 0.512. The highest BCUT2D eigenvalue weighted by atomic mass is 35.5. The molecule has 25 heavy (non-hydrogen) atoms. The number of thiophene rings is 1. The normalized spacial score (nSPS) is 17.0. The highest BCUT2D eigenvalue weighted by molar-refractivity contribution is 7.11. The van der Waals surface area contributed by atoms with Gasteiger partial charge >= 0.3 is 0 Å². The van der Waals surface area contributed by atoms with Gasteiger partial charge in [-0.2, -0.15) is 0 Å². The van der Waals surface area contributed by atoms with Crippen molar-refractivity contribution in [1.82, 2.24) is 0 Å². The molecule has 0 aliphatic carbocycles. The van der Waals surface area contributed by atoms with E-state index in [9.17, 15) is 0 Å². The summed E-state index contributed by atoms with van der Waals surface area (Å²) in [7, 11) is 0. The monoisotopic (exact) mass is 364 g/mol. The van der Waals surface area contributed by atoms with Crippen LogP contribution in [0.5, 0.6) is 5.75 Å². The van der Waals surface area contributed by atoms with Crippen LogP contribution in [0.15, 0.2) is 83.2 Å². The van der Waals surface area contributed by atoms with E-state index in [2.05, 4.69) is 43.8 Å². The lowest BCUT2D eigenvalue weighted by Crippen LogP contribution is -2.04. The largest absolute Gasteiger partial charge is 0.454 e. The predicted octanol–water partition coefficient (Wildman–Crippen LogP) is 6.74. The Morgan fingerprint density at radius 3 is 2.48 bits per heavy atom. The van der Waals surface area contributed by atoms with Crippen molar-refractivity contribution in [2.24, 2.45) is 0 Å². The first-order chi connectivity index (χ1) is 12.1. The van der Waals surface area contributed by atoms with Crippen LogP contribution < -0.4 is 4.74 Å². The van der Waals surface area contributed by atoms with Crippen LogP contribution in [-0.2, 0) is 0 Å². The maximum Gasteiger partial charge on any atom is 0.163 e. The van der Waals surface area contributed by atoms with Crippen molar-refractivity contribution in [3.8, 4) is 5.75 Å². The highest BCUT2D eigenvalue weighted by Crippen LogP contribution is 2.46. The number of benzene rings is 2. The number of hydrogen-bond donors (Lipinski definition) is 0. The topological polar surface area (TPSA) is 9.23 Å². The van der Waals surface area contributed by atoms with Gasteiger partial charge in [0.25, 0.3) is 0 Å². The van der Waals surface area contributed by atoms with Gasteiger partial charge in [-0.05, 0) is 35.6 Å². The minimum Gasteiger partial charge on any atom is -0.454 e.